The largest absolute Gasteiger partial charge is 0.340 e. The summed E-state index contributed by atoms with van der Waals surface area (Å²) in [6.07, 6.45) is 2.42. The van der Waals surface area contributed by atoms with E-state index in [2.05, 4.69) is 22.0 Å². The number of aromatic nitrogens is 2. The van der Waals surface area contributed by atoms with Gasteiger partial charge < -0.3 is 9.47 Å². The summed E-state index contributed by atoms with van der Waals surface area (Å²) in [7, 11) is 0. The molecule has 1 saturated heterocycles. The van der Waals surface area contributed by atoms with Gasteiger partial charge in [0.2, 0.25) is 5.91 Å². The van der Waals surface area contributed by atoms with Gasteiger partial charge in [-0.1, -0.05) is 44.2 Å². The van der Waals surface area contributed by atoms with Crippen LogP contribution in [0.4, 0.5) is 8.78 Å². The fraction of sp³-hybridized carbons (Fsp3) is 0.417. The van der Waals surface area contributed by atoms with Crippen molar-refractivity contribution < 1.29 is 13.6 Å². The molecule has 0 spiro atoms. The molecule has 1 aliphatic heterocycles. The van der Waals surface area contributed by atoms with E-state index in [1.165, 1.54) is 11.9 Å². The van der Waals surface area contributed by atoms with Crippen molar-refractivity contribution in [2.45, 2.75) is 32.9 Å². The topological polar surface area (TPSA) is 41.4 Å². The van der Waals surface area contributed by atoms with Gasteiger partial charge in [-0.25, -0.2) is 13.8 Å². The maximum absolute atomic E-state index is 13.9. The van der Waals surface area contributed by atoms with Crippen LogP contribution in [0.2, 0.25) is 0 Å². The predicted molar refractivity (Wildman–Crippen MR) is 116 cm³/mol. The van der Waals surface area contributed by atoms with Gasteiger partial charge in [0.15, 0.2) is 11.6 Å². The summed E-state index contributed by atoms with van der Waals surface area (Å²) in [5.41, 5.74) is 2.05. The van der Waals surface area contributed by atoms with Crippen LogP contribution in [0.15, 0.2) is 48.8 Å². The SMILES string of the molecule is CC(C)C(C(=O)N1CCCN(Cc2ccccc2)CC1)n1cnc2cc(F)c(F)cc21. The van der Waals surface area contributed by atoms with Gasteiger partial charge in [-0.05, 0) is 17.9 Å². The molecule has 1 amide bonds. The van der Waals surface area contributed by atoms with Crippen molar-refractivity contribution in [1.82, 2.24) is 19.4 Å². The van der Waals surface area contributed by atoms with Gasteiger partial charge >= 0.3 is 0 Å². The molecule has 4 rings (SSSR count). The first-order chi connectivity index (χ1) is 14.9. The van der Waals surface area contributed by atoms with Crippen LogP contribution in [0.1, 0.15) is 31.9 Å². The number of fused-ring (bicyclic) bond motifs is 1. The highest BCUT2D eigenvalue weighted by Crippen LogP contribution is 2.27. The molecule has 7 heteroatoms. The molecule has 0 radical (unpaired) electrons. The molecule has 3 aromatic rings. The van der Waals surface area contributed by atoms with E-state index in [9.17, 15) is 13.6 Å². The first-order valence-corrected chi connectivity index (χ1v) is 10.8. The van der Waals surface area contributed by atoms with E-state index < -0.39 is 17.7 Å². The lowest BCUT2D eigenvalue weighted by molar-refractivity contribution is -0.135. The zero-order valence-electron chi connectivity index (χ0n) is 18.0. The second kappa shape index (κ2) is 9.14. The first kappa shape index (κ1) is 21.4. The second-order valence-corrected chi connectivity index (χ2v) is 8.54. The van der Waals surface area contributed by atoms with E-state index in [0.29, 0.717) is 24.1 Å². The van der Waals surface area contributed by atoms with E-state index in [0.717, 1.165) is 38.2 Å². The molecule has 5 nitrogen and oxygen atoms in total. The Morgan fingerprint density at radius 1 is 1.03 bits per heavy atom. The number of benzene rings is 2. The predicted octanol–water partition coefficient (Wildman–Crippen LogP) is 4.25. The van der Waals surface area contributed by atoms with Crippen LogP contribution in [0, 0.1) is 17.6 Å². The molecule has 1 aliphatic rings. The average molecular weight is 427 g/mol. The Labute approximate surface area is 181 Å². The van der Waals surface area contributed by atoms with E-state index >= 15 is 0 Å². The van der Waals surface area contributed by atoms with E-state index in [1.807, 2.05) is 36.9 Å². The summed E-state index contributed by atoms with van der Waals surface area (Å²) in [5, 5.41) is 0. The number of hydrogen-bond donors (Lipinski definition) is 0. The number of rotatable bonds is 5. The molecule has 1 aromatic heterocycles. The summed E-state index contributed by atoms with van der Waals surface area (Å²) in [6.45, 7) is 7.86. The molecular formula is C24H28F2N4O. The van der Waals surface area contributed by atoms with Crippen LogP contribution in [0.3, 0.4) is 0 Å². The Bertz CT molecular complexity index is 1050. The van der Waals surface area contributed by atoms with Gasteiger partial charge in [0, 0.05) is 44.9 Å². The number of carbonyl (C=O) groups excluding carboxylic acids is 1. The van der Waals surface area contributed by atoms with E-state index in [1.54, 1.807) is 4.57 Å². The fourth-order valence-corrected chi connectivity index (χ4v) is 4.35. The molecule has 1 unspecified atom stereocenters. The van der Waals surface area contributed by atoms with Crippen LogP contribution in [0.25, 0.3) is 11.0 Å². The lowest BCUT2D eigenvalue weighted by Crippen LogP contribution is -2.41. The van der Waals surface area contributed by atoms with Gasteiger partial charge in [-0.3, -0.25) is 9.69 Å². The smallest absolute Gasteiger partial charge is 0.246 e. The van der Waals surface area contributed by atoms with E-state index in [-0.39, 0.29) is 11.8 Å². The minimum absolute atomic E-state index is 0.000550. The van der Waals surface area contributed by atoms with Crippen LogP contribution >= 0.6 is 0 Å². The zero-order chi connectivity index (χ0) is 22.0. The normalized spacial score (nSPS) is 16.6. The molecule has 0 N–H and O–H groups in total. The molecule has 1 atom stereocenters. The Kier molecular flexibility index (Phi) is 6.32. The summed E-state index contributed by atoms with van der Waals surface area (Å²) in [4.78, 5) is 22.0. The molecule has 0 saturated carbocycles. The Morgan fingerprint density at radius 2 is 1.77 bits per heavy atom. The van der Waals surface area contributed by atoms with E-state index in [4.69, 9.17) is 0 Å². The highest BCUT2D eigenvalue weighted by molar-refractivity contribution is 5.84. The van der Waals surface area contributed by atoms with Crippen molar-refractivity contribution in [1.29, 1.82) is 0 Å². The van der Waals surface area contributed by atoms with Crippen molar-refractivity contribution in [2.75, 3.05) is 26.2 Å². The van der Waals surface area contributed by atoms with Crippen LogP contribution in [0.5, 0.6) is 0 Å². The highest BCUT2D eigenvalue weighted by Gasteiger charge is 2.31. The molecular weight excluding hydrogens is 398 g/mol. The molecule has 31 heavy (non-hydrogen) atoms. The van der Waals surface area contributed by atoms with Crippen molar-refractivity contribution in [2.24, 2.45) is 5.92 Å². The summed E-state index contributed by atoms with van der Waals surface area (Å²) in [6, 6.07) is 12.0. The zero-order valence-corrected chi connectivity index (χ0v) is 18.0. The number of carbonyl (C=O) groups is 1. The third-order valence-electron chi connectivity index (χ3n) is 5.95. The monoisotopic (exact) mass is 426 g/mol. The average Bonchev–Trinajstić information content (AvgIpc) is 2.98. The molecule has 0 bridgehead atoms. The highest BCUT2D eigenvalue weighted by atomic mass is 19.2. The molecule has 1 fully saturated rings. The first-order valence-electron chi connectivity index (χ1n) is 10.8. The lowest BCUT2D eigenvalue weighted by Gasteiger charge is -2.29. The maximum Gasteiger partial charge on any atom is 0.246 e. The number of imidazole rings is 1. The Hall–Kier alpha value is -2.80. The summed E-state index contributed by atoms with van der Waals surface area (Å²) in [5.74, 6) is -1.89. The molecule has 2 aromatic carbocycles. The minimum atomic E-state index is -0.935. The molecule has 164 valence electrons. The summed E-state index contributed by atoms with van der Waals surface area (Å²) < 4.78 is 29.2. The standard InChI is InChI=1S/C24H28F2N4O/c1-17(2)23(30-16-27-21-13-19(25)20(26)14-22(21)30)24(31)29-10-6-9-28(11-12-29)15-18-7-4-3-5-8-18/h3-5,7-8,13-14,16-17,23H,6,9-12,15H2,1-2H3. The number of nitrogens with zero attached hydrogens (tertiary/aromatic N) is 4. The fourth-order valence-electron chi connectivity index (χ4n) is 4.35. The minimum Gasteiger partial charge on any atom is -0.340 e. The van der Waals surface area contributed by atoms with Gasteiger partial charge in [0.1, 0.15) is 6.04 Å². The van der Waals surface area contributed by atoms with Crippen molar-refractivity contribution in [3.8, 4) is 0 Å². The van der Waals surface area contributed by atoms with Gasteiger partial charge in [0.25, 0.3) is 0 Å². The van der Waals surface area contributed by atoms with Crippen molar-refractivity contribution in [3.05, 3.63) is 66.0 Å². The Morgan fingerprint density at radius 3 is 2.52 bits per heavy atom. The van der Waals surface area contributed by atoms with Crippen LogP contribution in [-0.4, -0.2) is 51.4 Å². The Balaban J connectivity index is 1.52. The van der Waals surface area contributed by atoms with Gasteiger partial charge in [0.05, 0.1) is 17.4 Å². The summed E-state index contributed by atoms with van der Waals surface area (Å²) >= 11 is 0. The van der Waals surface area contributed by atoms with Crippen molar-refractivity contribution in [3.63, 3.8) is 0 Å². The third-order valence-corrected chi connectivity index (χ3v) is 5.95. The maximum atomic E-state index is 13.9. The van der Waals surface area contributed by atoms with Crippen LogP contribution in [-0.2, 0) is 11.3 Å². The number of halogens is 2. The van der Waals surface area contributed by atoms with Crippen LogP contribution < -0.4 is 0 Å². The quantitative estimate of drug-likeness (QED) is 0.613. The van der Waals surface area contributed by atoms with Gasteiger partial charge in [-0.2, -0.15) is 0 Å². The third kappa shape index (κ3) is 4.61. The number of hydrogen-bond acceptors (Lipinski definition) is 3. The molecule has 2 heterocycles. The number of amides is 1. The van der Waals surface area contributed by atoms with Crippen molar-refractivity contribution >= 4 is 16.9 Å². The van der Waals surface area contributed by atoms with Gasteiger partial charge in [-0.15, -0.1) is 0 Å². The lowest BCUT2D eigenvalue weighted by atomic mass is 10.0. The molecule has 0 aliphatic carbocycles. The second-order valence-electron chi connectivity index (χ2n) is 8.54.